The van der Waals surface area contributed by atoms with Crippen LogP contribution in [-0.2, 0) is 28.5 Å². The molecule has 1 aromatic heterocycles. The fraction of sp³-hybridized carbons (Fsp3) is 0.442. The van der Waals surface area contributed by atoms with E-state index in [4.69, 9.17) is 42.3 Å². The van der Waals surface area contributed by atoms with Gasteiger partial charge < -0.3 is 104 Å². The summed E-state index contributed by atoms with van der Waals surface area (Å²) in [5.41, 5.74) is 0.421. The Labute approximate surface area is 373 Å². The van der Waals surface area contributed by atoms with Crippen LogP contribution in [0.5, 0.6) is 40.2 Å². The molecule has 0 bridgehead atoms. The van der Waals surface area contributed by atoms with Crippen LogP contribution in [-0.4, -0.2) is 185 Å². The van der Waals surface area contributed by atoms with Crippen molar-refractivity contribution in [3.63, 3.8) is 0 Å². The van der Waals surface area contributed by atoms with Crippen molar-refractivity contribution in [1.29, 1.82) is 0 Å². The van der Waals surface area contributed by atoms with E-state index in [9.17, 15) is 71.2 Å². The van der Waals surface area contributed by atoms with Gasteiger partial charge in [-0.25, -0.2) is 9.21 Å². The van der Waals surface area contributed by atoms with Crippen LogP contribution in [0.4, 0.5) is 0 Å². The van der Waals surface area contributed by atoms with Crippen molar-refractivity contribution >= 4 is 23.0 Å². The Bertz CT molecular complexity index is 2380. The summed E-state index contributed by atoms with van der Waals surface area (Å²) in [6.45, 7) is -0.0176. The topological polar surface area (TPSA) is 365 Å². The third-order valence-corrected chi connectivity index (χ3v) is 11.1. The van der Waals surface area contributed by atoms with E-state index in [-0.39, 0.29) is 51.0 Å². The Hall–Kier alpha value is -5.64. The molecule has 0 unspecified atom stereocenters. The van der Waals surface area contributed by atoms with Gasteiger partial charge in [-0.1, -0.05) is 6.07 Å². The summed E-state index contributed by atoms with van der Waals surface area (Å²) in [5.74, 6) is -3.11. The molecular formula is C43H49O23+. The number of phenols is 4. The molecule has 3 aromatic carbocycles. The van der Waals surface area contributed by atoms with Gasteiger partial charge in [0.1, 0.15) is 77.9 Å². The van der Waals surface area contributed by atoms with Crippen LogP contribution in [0, 0.1) is 0 Å². The molecule has 0 aliphatic carbocycles. The normalized spacial score (nSPS) is 32.6. The van der Waals surface area contributed by atoms with Gasteiger partial charge in [-0.3, -0.25) is 0 Å². The van der Waals surface area contributed by atoms with E-state index in [2.05, 4.69) is 0 Å². The van der Waals surface area contributed by atoms with Crippen molar-refractivity contribution in [1.82, 2.24) is 0 Å². The van der Waals surface area contributed by atoms with E-state index in [0.717, 1.165) is 12.1 Å². The van der Waals surface area contributed by atoms with Crippen molar-refractivity contribution in [3.05, 3.63) is 66.2 Å². The first-order chi connectivity index (χ1) is 31.4. The highest BCUT2D eigenvalue weighted by atomic mass is 16.7. The second-order valence-corrected chi connectivity index (χ2v) is 15.6. The lowest BCUT2D eigenvalue weighted by Gasteiger charge is -2.42. The first-order valence-corrected chi connectivity index (χ1v) is 20.3. The van der Waals surface area contributed by atoms with Crippen molar-refractivity contribution < 1.29 is 113 Å². The van der Waals surface area contributed by atoms with Crippen LogP contribution in [0.1, 0.15) is 12.5 Å². The molecule has 15 atom stereocenters. The lowest BCUT2D eigenvalue weighted by atomic mass is 9.98. The molecule has 23 nitrogen and oxygen atoms in total. The van der Waals surface area contributed by atoms with Crippen LogP contribution in [0.25, 0.3) is 28.4 Å². The number of methoxy groups -OCH3 is 1. The van der Waals surface area contributed by atoms with Crippen LogP contribution < -0.4 is 14.2 Å². The number of ether oxygens (including phenoxy) is 8. The highest BCUT2D eigenvalue weighted by molar-refractivity contribution is 5.89. The number of hydrogen-bond acceptors (Lipinski definition) is 22. The number of rotatable bonds is 13. The predicted molar refractivity (Wildman–Crippen MR) is 219 cm³/mol. The third-order valence-electron chi connectivity index (χ3n) is 11.1. The molecule has 3 aliphatic rings. The Morgan fingerprint density at radius 3 is 1.97 bits per heavy atom. The molecule has 3 fully saturated rings. The molecule has 0 spiro atoms. The average Bonchev–Trinajstić information content (AvgIpc) is 3.29. The number of phenolic OH excluding ortho intramolecular Hbond substituents is 4. The summed E-state index contributed by atoms with van der Waals surface area (Å²) in [4.78, 5) is 12.6. The van der Waals surface area contributed by atoms with Gasteiger partial charge in [0, 0.05) is 24.3 Å². The maximum Gasteiger partial charge on any atom is 0.402 e. The van der Waals surface area contributed by atoms with E-state index in [1.165, 1.54) is 68.6 Å². The van der Waals surface area contributed by atoms with Gasteiger partial charge in [-0.05, 0) is 42.8 Å². The summed E-state index contributed by atoms with van der Waals surface area (Å²) >= 11 is 0. The minimum absolute atomic E-state index is 0.00577. The van der Waals surface area contributed by atoms with Crippen molar-refractivity contribution in [2.45, 2.75) is 99.0 Å². The van der Waals surface area contributed by atoms with Gasteiger partial charge in [0.2, 0.25) is 18.3 Å². The number of carbonyl (C=O) groups excluding carboxylic acids is 1. The zero-order valence-corrected chi connectivity index (χ0v) is 34.8. The zero-order chi connectivity index (χ0) is 47.7. The zero-order valence-electron chi connectivity index (χ0n) is 34.8. The lowest BCUT2D eigenvalue weighted by Crippen LogP contribution is -2.62. The first-order valence-electron chi connectivity index (χ1n) is 20.3. The molecule has 4 aromatic rings. The van der Waals surface area contributed by atoms with Gasteiger partial charge in [-0.15, -0.1) is 0 Å². The number of aromatic hydroxyl groups is 4. The minimum atomic E-state index is -1.97. The Balaban J connectivity index is 1.11. The minimum Gasteiger partial charge on any atom is -0.507 e. The molecule has 4 heterocycles. The summed E-state index contributed by atoms with van der Waals surface area (Å²) < 4.78 is 51.5. The Kier molecular flexibility index (Phi) is 14.7. The van der Waals surface area contributed by atoms with Crippen LogP contribution in [0.15, 0.2) is 65.1 Å². The number of aliphatic hydroxyl groups excluding tert-OH is 9. The number of benzene rings is 3. The van der Waals surface area contributed by atoms with Gasteiger partial charge >= 0.3 is 17.3 Å². The number of esters is 1. The monoisotopic (exact) mass is 933 g/mol. The first kappa shape index (κ1) is 48.3. The molecule has 13 N–H and O–H groups in total. The SMILES string of the molecule is COc1cc(-c2[o+]c3cc(O)cc(O[C@@H]4O[C@H](CO)[C@@H](O)[C@H](O)[C@H]4O)c3cc2O[C@@H]2O[C@H](CO[C@@H]3O[C@@H](C)[C@H](OC(=O)C=Cc4ccc(O)c(O)c4)[C@@H](O)[C@H]3O)[C@@H](O)[C@H](O)[C@H]2O)ccc1O. The van der Waals surface area contributed by atoms with Crippen molar-refractivity contribution in [2.75, 3.05) is 20.3 Å². The van der Waals surface area contributed by atoms with E-state index >= 15 is 0 Å². The maximum absolute atomic E-state index is 12.6. The fourth-order valence-electron chi connectivity index (χ4n) is 7.42. The molecule has 66 heavy (non-hydrogen) atoms. The summed E-state index contributed by atoms with van der Waals surface area (Å²) in [6.07, 6.45) is -23.1. The second kappa shape index (κ2) is 20.1. The van der Waals surface area contributed by atoms with Crippen molar-refractivity contribution in [2.24, 2.45) is 0 Å². The summed E-state index contributed by atoms with van der Waals surface area (Å²) in [5, 5.41) is 136. The highest BCUT2D eigenvalue weighted by Gasteiger charge is 2.50. The highest BCUT2D eigenvalue weighted by Crippen LogP contribution is 2.43. The van der Waals surface area contributed by atoms with Crippen LogP contribution in [0.3, 0.4) is 0 Å². The Morgan fingerprint density at radius 1 is 0.667 bits per heavy atom. The summed E-state index contributed by atoms with van der Waals surface area (Å²) in [7, 11) is 1.29. The number of hydrogen-bond donors (Lipinski definition) is 13. The largest absolute Gasteiger partial charge is 0.507 e. The van der Waals surface area contributed by atoms with Crippen LogP contribution >= 0.6 is 0 Å². The number of aliphatic hydroxyl groups is 9. The molecule has 23 heteroatoms. The summed E-state index contributed by atoms with van der Waals surface area (Å²) in [6, 6.07) is 11.4. The molecule has 0 amide bonds. The van der Waals surface area contributed by atoms with Crippen LogP contribution in [0.2, 0.25) is 0 Å². The molecule has 3 aliphatic heterocycles. The van der Waals surface area contributed by atoms with E-state index < -0.39 is 123 Å². The molecule has 0 radical (unpaired) electrons. The van der Waals surface area contributed by atoms with E-state index in [0.29, 0.717) is 5.56 Å². The number of carbonyl (C=O) groups is 1. The van der Waals surface area contributed by atoms with E-state index in [1.54, 1.807) is 0 Å². The van der Waals surface area contributed by atoms with Crippen molar-refractivity contribution in [3.8, 4) is 51.6 Å². The smallest absolute Gasteiger partial charge is 0.402 e. The van der Waals surface area contributed by atoms with Gasteiger partial charge in [0.05, 0.1) is 38.1 Å². The third kappa shape index (κ3) is 10.0. The standard InChI is InChI=1S/C43H48O23/c1-16-39(66-30(49)8-4-17-3-6-21(46)23(48)9-17)35(54)38(57)41(60-16)59-15-29-32(51)34(53)37(56)43(65-29)63-27-13-20-24(61-40(27)18-5-7-22(47)26(10-18)58-2)11-19(45)12-25(20)62-42-36(55)33(52)31(50)28(14-44)64-42/h3-13,16,28-29,31-39,41-44,50-57H,14-15H2,1-2H3,(H3-,45,46,47,48,49)/p+1/t16-,28+,29+,31+,32+,33-,34-,35-,36+,37+,38+,39-,41+,42+,43+/m0/s1. The van der Waals surface area contributed by atoms with Gasteiger partial charge in [-0.2, -0.15) is 0 Å². The molecule has 358 valence electrons. The fourth-order valence-corrected chi connectivity index (χ4v) is 7.42. The number of fused-ring (bicyclic) bond motifs is 1. The lowest BCUT2D eigenvalue weighted by molar-refractivity contribution is -0.319. The van der Waals surface area contributed by atoms with E-state index in [1.807, 2.05) is 0 Å². The second-order valence-electron chi connectivity index (χ2n) is 15.6. The van der Waals surface area contributed by atoms with Gasteiger partial charge in [0.25, 0.3) is 0 Å². The average molecular weight is 934 g/mol. The van der Waals surface area contributed by atoms with Gasteiger partial charge in [0.15, 0.2) is 35.4 Å². The molecule has 0 saturated carbocycles. The quantitative estimate of drug-likeness (QED) is 0.0320. The maximum atomic E-state index is 12.6. The molecule has 3 saturated heterocycles. The predicted octanol–water partition coefficient (Wildman–Crippen LogP) is -1.31. The molecular weight excluding hydrogens is 884 g/mol. The molecule has 7 rings (SSSR count). The Morgan fingerprint density at radius 2 is 1.30 bits per heavy atom.